The molecule has 0 aliphatic heterocycles. The molecule has 2 aromatic carbocycles. The molecule has 1 heterocycles. The van der Waals surface area contributed by atoms with Gasteiger partial charge in [0.1, 0.15) is 11.6 Å². The molecule has 0 aliphatic carbocycles. The van der Waals surface area contributed by atoms with Gasteiger partial charge in [-0.25, -0.2) is 13.8 Å². The van der Waals surface area contributed by atoms with Gasteiger partial charge in [-0.05, 0) is 48.7 Å². The van der Waals surface area contributed by atoms with E-state index < -0.39 is 0 Å². The zero-order valence-corrected chi connectivity index (χ0v) is 11.6. The largest absolute Gasteiger partial charge is 0.369 e. The molecule has 0 atom stereocenters. The molecule has 0 radical (unpaired) electrons. The highest BCUT2D eigenvalue weighted by molar-refractivity contribution is 5.78. The molecule has 0 saturated carbocycles. The standard InChI is InChI=1S/C16H15F2N3/c1-10-8-12(17)3-2-11(10)6-7-21-15-5-4-13(18)9-14(15)20-16(21)19/h2-5,8-9H,6-7H2,1H3,(H2,19,20). The average molecular weight is 287 g/mol. The number of benzene rings is 2. The van der Waals surface area contributed by atoms with Gasteiger partial charge in [-0.3, -0.25) is 0 Å². The molecule has 0 bridgehead atoms. The van der Waals surface area contributed by atoms with Crippen LogP contribution in [0.5, 0.6) is 0 Å². The summed E-state index contributed by atoms with van der Waals surface area (Å²) in [6.07, 6.45) is 0.707. The molecule has 108 valence electrons. The molecule has 0 aliphatic rings. The Hall–Kier alpha value is -2.43. The van der Waals surface area contributed by atoms with Crippen LogP contribution in [0.25, 0.3) is 11.0 Å². The maximum absolute atomic E-state index is 13.2. The lowest BCUT2D eigenvalue weighted by atomic mass is 10.1. The van der Waals surface area contributed by atoms with Crippen LogP contribution < -0.4 is 5.73 Å². The second-order valence-corrected chi connectivity index (χ2v) is 5.08. The van der Waals surface area contributed by atoms with E-state index in [1.807, 2.05) is 11.5 Å². The van der Waals surface area contributed by atoms with Crippen molar-refractivity contribution in [2.24, 2.45) is 0 Å². The van der Waals surface area contributed by atoms with Crippen LogP contribution in [0.3, 0.4) is 0 Å². The summed E-state index contributed by atoms with van der Waals surface area (Å²) in [6, 6.07) is 9.17. The fourth-order valence-electron chi connectivity index (χ4n) is 2.53. The van der Waals surface area contributed by atoms with E-state index in [-0.39, 0.29) is 11.6 Å². The van der Waals surface area contributed by atoms with Gasteiger partial charge in [0.05, 0.1) is 11.0 Å². The van der Waals surface area contributed by atoms with Crippen molar-refractivity contribution in [1.82, 2.24) is 9.55 Å². The van der Waals surface area contributed by atoms with Crippen LogP contribution in [0.1, 0.15) is 11.1 Å². The summed E-state index contributed by atoms with van der Waals surface area (Å²) < 4.78 is 28.1. The quantitative estimate of drug-likeness (QED) is 0.802. The predicted molar refractivity (Wildman–Crippen MR) is 78.9 cm³/mol. The van der Waals surface area contributed by atoms with Crippen molar-refractivity contribution in [3.63, 3.8) is 0 Å². The molecule has 5 heteroatoms. The number of imidazole rings is 1. The second-order valence-electron chi connectivity index (χ2n) is 5.08. The van der Waals surface area contributed by atoms with Gasteiger partial charge in [0.25, 0.3) is 0 Å². The highest BCUT2D eigenvalue weighted by atomic mass is 19.1. The molecule has 3 aromatic rings. The fourth-order valence-corrected chi connectivity index (χ4v) is 2.53. The topological polar surface area (TPSA) is 43.8 Å². The van der Waals surface area contributed by atoms with Crippen LogP contribution in [-0.4, -0.2) is 9.55 Å². The normalized spacial score (nSPS) is 11.2. The van der Waals surface area contributed by atoms with Crippen molar-refractivity contribution < 1.29 is 8.78 Å². The van der Waals surface area contributed by atoms with Crippen molar-refractivity contribution >= 4 is 17.0 Å². The number of fused-ring (bicyclic) bond motifs is 1. The lowest BCUT2D eigenvalue weighted by Crippen LogP contribution is -2.06. The van der Waals surface area contributed by atoms with E-state index >= 15 is 0 Å². The van der Waals surface area contributed by atoms with Crippen LogP contribution in [0.15, 0.2) is 36.4 Å². The van der Waals surface area contributed by atoms with Gasteiger partial charge in [-0.2, -0.15) is 0 Å². The molecule has 21 heavy (non-hydrogen) atoms. The van der Waals surface area contributed by atoms with E-state index in [0.29, 0.717) is 24.4 Å². The van der Waals surface area contributed by atoms with Crippen LogP contribution in [0, 0.1) is 18.6 Å². The van der Waals surface area contributed by atoms with E-state index in [1.54, 1.807) is 12.1 Å². The van der Waals surface area contributed by atoms with E-state index in [9.17, 15) is 8.78 Å². The number of aryl methyl sites for hydroxylation is 3. The van der Waals surface area contributed by atoms with Gasteiger partial charge in [0, 0.05) is 12.6 Å². The number of aromatic nitrogens is 2. The van der Waals surface area contributed by atoms with E-state index in [2.05, 4.69) is 4.98 Å². The number of hydrogen-bond acceptors (Lipinski definition) is 2. The van der Waals surface area contributed by atoms with Crippen molar-refractivity contribution in [2.75, 3.05) is 5.73 Å². The lowest BCUT2D eigenvalue weighted by Gasteiger charge is -2.09. The van der Waals surface area contributed by atoms with Gasteiger partial charge >= 0.3 is 0 Å². The first-order valence-corrected chi connectivity index (χ1v) is 6.71. The first kappa shape index (κ1) is 13.5. The minimum absolute atomic E-state index is 0.237. The number of nitrogen functional groups attached to an aromatic ring is 1. The molecule has 0 amide bonds. The van der Waals surface area contributed by atoms with Crippen LogP contribution >= 0.6 is 0 Å². The number of rotatable bonds is 3. The molecule has 2 N–H and O–H groups in total. The van der Waals surface area contributed by atoms with Crippen LogP contribution in [-0.2, 0) is 13.0 Å². The van der Waals surface area contributed by atoms with E-state index in [1.165, 1.54) is 24.3 Å². The van der Waals surface area contributed by atoms with Crippen molar-refractivity contribution in [3.8, 4) is 0 Å². The molecule has 3 nitrogen and oxygen atoms in total. The van der Waals surface area contributed by atoms with E-state index in [4.69, 9.17) is 5.73 Å². The minimum Gasteiger partial charge on any atom is -0.369 e. The molecule has 1 aromatic heterocycles. The number of nitrogens with zero attached hydrogens (tertiary/aromatic N) is 2. The molecule has 0 spiro atoms. The lowest BCUT2D eigenvalue weighted by molar-refractivity contribution is 0.624. The fraction of sp³-hybridized carbons (Fsp3) is 0.188. The Kier molecular flexibility index (Phi) is 3.33. The Morgan fingerprint density at radius 2 is 1.81 bits per heavy atom. The maximum atomic E-state index is 13.2. The third-order valence-electron chi connectivity index (χ3n) is 3.65. The average Bonchev–Trinajstić information content (AvgIpc) is 2.72. The molecule has 3 rings (SSSR count). The summed E-state index contributed by atoms with van der Waals surface area (Å²) in [5.74, 6) is -0.212. The second kappa shape index (κ2) is 5.16. The predicted octanol–water partition coefficient (Wildman–Crippen LogP) is 3.45. The summed E-state index contributed by atoms with van der Waals surface area (Å²) in [4.78, 5) is 4.16. The smallest absolute Gasteiger partial charge is 0.201 e. The Morgan fingerprint density at radius 1 is 1.10 bits per heavy atom. The summed E-state index contributed by atoms with van der Waals surface area (Å²) in [5, 5.41) is 0. The van der Waals surface area contributed by atoms with Gasteiger partial charge in [-0.15, -0.1) is 0 Å². The number of anilines is 1. The summed E-state index contributed by atoms with van der Waals surface area (Å²) in [5.41, 5.74) is 9.21. The number of halogens is 2. The Morgan fingerprint density at radius 3 is 2.57 bits per heavy atom. The van der Waals surface area contributed by atoms with Gasteiger partial charge < -0.3 is 10.3 Å². The molecular formula is C16H15F2N3. The van der Waals surface area contributed by atoms with Gasteiger partial charge in [0.15, 0.2) is 0 Å². The zero-order chi connectivity index (χ0) is 15.0. The number of hydrogen-bond donors (Lipinski definition) is 1. The summed E-state index contributed by atoms with van der Waals surface area (Å²) in [7, 11) is 0. The zero-order valence-electron chi connectivity index (χ0n) is 11.6. The highest BCUT2D eigenvalue weighted by Crippen LogP contribution is 2.20. The molecule has 0 saturated heterocycles. The Balaban J connectivity index is 1.90. The SMILES string of the molecule is Cc1cc(F)ccc1CCn1c(N)nc2cc(F)ccc21. The van der Waals surface area contributed by atoms with Gasteiger partial charge in [-0.1, -0.05) is 6.07 Å². The van der Waals surface area contributed by atoms with Crippen molar-refractivity contribution in [3.05, 3.63) is 59.2 Å². The molecular weight excluding hydrogens is 272 g/mol. The first-order valence-electron chi connectivity index (χ1n) is 6.71. The highest BCUT2D eigenvalue weighted by Gasteiger charge is 2.09. The Bertz CT molecular complexity index is 809. The Labute approximate surface area is 121 Å². The summed E-state index contributed by atoms with van der Waals surface area (Å²) >= 11 is 0. The summed E-state index contributed by atoms with van der Waals surface area (Å²) in [6.45, 7) is 2.49. The third-order valence-corrected chi connectivity index (χ3v) is 3.65. The first-order chi connectivity index (χ1) is 10.0. The van der Waals surface area contributed by atoms with Crippen LogP contribution in [0.4, 0.5) is 14.7 Å². The van der Waals surface area contributed by atoms with Gasteiger partial charge in [0.2, 0.25) is 5.95 Å². The molecule has 0 fully saturated rings. The van der Waals surface area contributed by atoms with Crippen LogP contribution in [0.2, 0.25) is 0 Å². The number of nitrogens with two attached hydrogens (primary N) is 1. The maximum Gasteiger partial charge on any atom is 0.201 e. The van der Waals surface area contributed by atoms with Crippen molar-refractivity contribution in [2.45, 2.75) is 19.9 Å². The van der Waals surface area contributed by atoms with E-state index in [0.717, 1.165) is 16.6 Å². The third kappa shape index (κ3) is 2.59. The molecule has 0 unspecified atom stereocenters. The monoisotopic (exact) mass is 287 g/mol. The minimum atomic E-state index is -0.332. The van der Waals surface area contributed by atoms with Crippen molar-refractivity contribution in [1.29, 1.82) is 0 Å².